The quantitative estimate of drug-likeness (QED) is 0.826. The monoisotopic (exact) mass is 338 g/mol. The number of rotatable bonds is 6. The molecule has 0 aliphatic carbocycles. The topological polar surface area (TPSA) is 30.5 Å². The third-order valence-electron chi connectivity index (χ3n) is 3.07. The molecule has 3 nitrogen and oxygen atoms in total. The summed E-state index contributed by atoms with van der Waals surface area (Å²) >= 11 is 12.3. The van der Waals surface area contributed by atoms with E-state index in [-0.39, 0.29) is 12.4 Å². The van der Waals surface area contributed by atoms with E-state index >= 15 is 0 Å². The summed E-state index contributed by atoms with van der Waals surface area (Å²) in [6, 6.07) is 3.78. The molecule has 0 radical (unpaired) electrons. The molecular formula is C14H19Cl3NO2-. The molecule has 1 aromatic carbocycles. The molecule has 0 amide bonds. The van der Waals surface area contributed by atoms with E-state index in [4.69, 9.17) is 32.7 Å². The van der Waals surface area contributed by atoms with Crippen LogP contribution in [-0.4, -0.2) is 25.9 Å². The van der Waals surface area contributed by atoms with Crippen molar-refractivity contribution in [1.82, 2.24) is 5.32 Å². The van der Waals surface area contributed by atoms with Crippen LogP contribution in [0.1, 0.15) is 25.3 Å². The molecule has 1 saturated heterocycles. The van der Waals surface area contributed by atoms with Crippen molar-refractivity contribution in [3.05, 3.63) is 27.7 Å². The van der Waals surface area contributed by atoms with Crippen molar-refractivity contribution >= 4 is 23.2 Å². The third kappa shape index (κ3) is 4.97. The first-order valence-corrected chi connectivity index (χ1v) is 7.39. The van der Waals surface area contributed by atoms with Crippen molar-refractivity contribution in [2.24, 2.45) is 0 Å². The molecule has 0 saturated carbocycles. The average Bonchev–Trinajstić information content (AvgIpc) is 2.87. The second kappa shape index (κ2) is 8.96. The van der Waals surface area contributed by atoms with Crippen LogP contribution in [0.5, 0.6) is 5.75 Å². The fourth-order valence-electron chi connectivity index (χ4n) is 2.18. The number of hydrogen-bond acceptors (Lipinski definition) is 3. The Labute approximate surface area is 136 Å². The molecular weight excluding hydrogens is 321 g/mol. The van der Waals surface area contributed by atoms with Gasteiger partial charge in [0.1, 0.15) is 0 Å². The van der Waals surface area contributed by atoms with Crippen LogP contribution in [0.2, 0.25) is 10.0 Å². The number of nitrogens with one attached hydrogen (secondary N) is 1. The van der Waals surface area contributed by atoms with Gasteiger partial charge in [0.25, 0.3) is 0 Å². The highest BCUT2D eigenvalue weighted by Gasteiger charge is 2.15. The molecule has 0 aromatic heterocycles. The van der Waals surface area contributed by atoms with Gasteiger partial charge in [-0.15, -0.1) is 0 Å². The van der Waals surface area contributed by atoms with E-state index in [0.717, 1.165) is 38.1 Å². The summed E-state index contributed by atoms with van der Waals surface area (Å²) in [6.07, 6.45) is 2.64. The maximum atomic E-state index is 6.16. The number of hydrogen-bond donors (Lipinski definition) is 1. The average molecular weight is 340 g/mol. The van der Waals surface area contributed by atoms with E-state index in [2.05, 4.69) is 5.32 Å². The molecule has 1 heterocycles. The summed E-state index contributed by atoms with van der Waals surface area (Å²) in [7, 11) is 0. The van der Waals surface area contributed by atoms with Crippen LogP contribution in [0, 0.1) is 0 Å². The van der Waals surface area contributed by atoms with Gasteiger partial charge in [0.2, 0.25) is 0 Å². The summed E-state index contributed by atoms with van der Waals surface area (Å²) in [5.41, 5.74) is 1.05. The Morgan fingerprint density at radius 1 is 1.35 bits per heavy atom. The van der Waals surface area contributed by atoms with Crippen LogP contribution in [-0.2, 0) is 11.3 Å². The number of halogens is 3. The van der Waals surface area contributed by atoms with Crippen molar-refractivity contribution < 1.29 is 21.9 Å². The van der Waals surface area contributed by atoms with Gasteiger partial charge in [-0.25, -0.2) is 0 Å². The molecule has 1 fully saturated rings. The Morgan fingerprint density at radius 3 is 2.60 bits per heavy atom. The molecule has 1 unspecified atom stereocenters. The molecule has 2 rings (SSSR count). The van der Waals surface area contributed by atoms with Gasteiger partial charge in [-0.05, 0) is 37.5 Å². The molecule has 1 atom stereocenters. The molecule has 0 bridgehead atoms. The standard InChI is InChI=1S/C14H19Cl2NO2.ClH/c1-2-18-14-12(15)6-10(7-13(14)16)8-17-9-11-4-3-5-19-11;/h6-7,11,17H,2-5,8-9H2,1H3;1H/p-1. The molecule has 20 heavy (non-hydrogen) atoms. The Morgan fingerprint density at radius 2 is 2.05 bits per heavy atom. The predicted molar refractivity (Wildman–Crippen MR) is 78.3 cm³/mol. The first-order valence-electron chi connectivity index (χ1n) is 6.63. The minimum Gasteiger partial charge on any atom is -1.00 e. The van der Waals surface area contributed by atoms with E-state index in [9.17, 15) is 0 Å². The van der Waals surface area contributed by atoms with E-state index in [1.54, 1.807) is 0 Å². The molecule has 1 aliphatic rings. The predicted octanol–water partition coefficient (Wildman–Crippen LogP) is 0.665. The summed E-state index contributed by atoms with van der Waals surface area (Å²) in [5.74, 6) is 0.564. The zero-order valence-electron chi connectivity index (χ0n) is 11.4. The summed E-state index contributed by atoms with van der Waals surface area (Å²) < 4.78 is 11.0. The minimum absolute atomic E-state index is 0. The lowest BCUT2D eigenvalue weighted by atomic mass is 10.2. The van der Waals surface area contributed by atoms with Crippen LogP contribution < -0.4 is 22.5 Å². The second-order valence-corrected chi connectivity index (χ2v) is 5.40. The lowest BCUT2D eigenvalue weighted by Gasteiger charge is -2.13. The fraction of sp³-hybridized carbons (Fsp3) is 0.571. The van der Waals surface area contributed by atoms with Crippen LogP contribution in [0.25, 0.3) is 0 Å². The van der Waals surface area contributed by atoms with E-state index in [1.165, 1.54) is 0 Å². The lowest BCUT2D eigenvalue weighted by molar-refractivity contribution is -0.00000558. The summed E-state index contributed by atoms with van der Waals surface area (Å²) in [4.78, 5) is 0. The fourth-order valence-corrected chi connectivity index (χ4v) is 2.82. The zero-order chi connectivity index (χ0) is 13.7. The normalized spacial score (nSPS) is 17.9. The van der Waals surface area contributed by atoms with Crippen molar-refractivity contribution in [3.8, 4) is 5.75 Å². The summed E-state index contributed by atoms with van der Waals surface area (Å²) in [6.45, 7) is 4.93. The van der Waals surface area contributed by atoms with Crippen molar-refractivity contribution in [3.63, 3.8) is 0 Å². The maximum Gasteiger partial charge on any atom is 0.156 e. The van der Waals surface area contributed by atoms with Crippen molar-refractivity contribution in [2.45, 2.75) is 32.4 Å². The maximum absolute atomic E-state index is 6.16. The zero-order valence-corrected chi connectivity index (χ0v) is 13.7. The molecule has 1 aliphatic heterocycles. The minimum atomic E-state index is 0. The molecule has 6 heteroatoms. The van der Waals surface area contributed by atoms with Crippen LogP contribution in [0.15, 0.2) is 12.1 Å². The van der Waals surface area contributed by atoms with Crippen LogP contribution in [0.3, 0.4) is 0 Å². The smallest absolute Gasteiger partial charge is 0.156 e. The molecule has 0 spiro atoms. The first kappa shape index (κ1) is 17.9. The van der Waals surface area contributed by atoms with Gasteiger partial charge in [-0.1, -0.05) is 23.2 Å². The highest BCUT2D eigenvalue weighted by atomic mass is 35.5. The van der Waals surface area contributed by atoms with Crippen LogP contribution in [0.4, 0.5) is 0 Å². The summed E-state index contributed by atoms with van der Waals surface area (Å²) in [5, 5.41) is 4.48. The SMILES string of the molecule is CCOc1c(Cl)cc(CNCC2CCCO2)cc1Cl.[Cl-]. The van der Waals surface area contributed by atoms with Gasteiger partial charge >= 0.3 is 0 Å². The number of ether oxygens (including phenoxy) is 2. The Bertz CT molecular complexity index is 400. The van der Waals surface area contributed by atoms with Gasteiger partial charge in [-0.2, -0.15) is 0 Å². The van der Waals surface area contributed by atoms with Gasteiger partial charge in [0.15, 0.2) is 5.75 Å². The van der Waals surface area contributed by atoms with Gasteiger partial charge in [-0.3, -0.25) is 0 Å². The second-order valence-electron chi connectivity index (χ2n) is 4.59. The van der Waals surface area contributed by atoms with E-state index < -0.39 is 0 Å². The van der Waals surface area contributed by atoms with Gasteiger partial charge < -0.3 is 27.2 Å². The van der Waals surface area contributed by atoms with Crippen LogP contribution >= 0.6 is 23.2 Å². The van der Waals surface area contributed by atoms with Crippen molar-refractivity contribution in [2.75, 3.05) is 19.8 Å². The Balaban J connectivity index is 0.00000200. The molecule has 1 N–H and O–H groups in total. The third-order valence-corrected chi connectivity index (χ3v) is 3.63. The first-order chi connectivity index (χ1) is 9.20. The highest BCUT2D eigenvalue weighted by Crippen LogP contribution is 2.34. The van der Waals surface area contributed by atoms with Crippen molar-refractivity contribution in [1.29, 1.82) is 0 Å². The van der Waals surface area contributed by atoms with E-state index in [1.807, 2.05) is 19.1 Å². The van der Waals surface area contributed by atoms with Gasteiger partial charge in [0.05, 0.1) is 22.8 Å². The van der Waals surface area contributed by atoms with Gasteiger partial charge in [0, 0.05) is 19.7 Å². The molecule has 1 aromatic rings. The molecule has 114 valence electrons. The number of benzene rings is 1. The highest BCUT2D eigenvalue weighted by molar-refractivity contribution is 6.37. The lowest BCUT2D eigenvalue weighted by Crippen LogP contribution is -3.00. The Hall–Kier alpha value is -0.190. The van der Waals surface area contributed by atoms with E-state index in [0.29, 0.717) is 28.5 Å². The largest absolute Gasteiger partial charge is 1.00 e. The Kier molecular flexibility index (Phi) is 8.00.